The molecule has 0 radical (unpaired) electrons. The maximum absolute atomic E-state index is 11.3. The van der Waals surface area contributed by atoms with Crippen molar-refractivity contribution in [3.63, 3.8) is 0 Å². The topological polar surface area (TPSA) is 85.2 Å². The number of carboxylic acid groups (broad SMARTS) is 1. The number of carbonyl (C=O) groups is 2. The molecule has 0 heterocycles. The number of nitrogens with zero attached hydrogens (tertiary/aromatic N) is 1. The third kappa shape index (κ3) is 4.93. The van der Waals surface area contributed by atoms with Gasteiger partial charge in [-0.15, -0.1) is 0 Å². The van der Waals surface area contributed by atoms with Crippen LogP contribution in [-0.2, 0) is 19.2 Å². The number of benzene rings is 1. The number of oxime groups is 1. The van der Waals surface area contributed by atoms with E-state index in [-0.39, 0.29) is 18.1 Å². The predicted octanol–water partition coefficient (Wildman–Crippen LogP) is 2.07. The van der Waals surface area contributed by atoms with E-state index < -0.39 is 11.9 Å². The lowest BCUT2D eigenvalue weighted by molar-refractivity contribution is -0.141. The van der Waals surface area contributed by atoms with E-state index in [0.29, 0.717) is 5.56 Å². The number of hydrogen-bond acceptors (Lipinski definition) is 5. The van der Waals surface area contributed by atoms with Crippen LogP contribution in [0.4, 0.5) is 0 Å². The van der Waals surface area contributed by atoms with Crippen molar-refractivity contribution in [2.24, 2.45) is 5.16 Å². The van der Waals surface area contributed by atoms with Gasteiger partial charge in [0.25, 0.3) is 5.90 Å². The van der Waals surface area contributed by atoms with E-state index in [1.54, 1.807) is 31.2 Å². The highest BCUT2D eigenvalue weighted by molar-refractivity contribution is 6.19. The SMILES string of the molecule is CCOC(=NOC(C)=O)C(=Cc1ccccc1)C(=O)O. The van der Waals surface area contributed by atoms with Gasteiger partial charge in [-0.25, -0.2) is 9.59 Å². The van der Waals surface area contributed by atoms with Gasteiger partial charge in [0, 0.05) is 6.92 Å². The zero-order valence-electron chi connectivity index (χ0n) is 11.2. The van der Waals surface area contributed by atoms with E-state index in [0.717, 1.165) is 6.92 Å². The van der Waals surface area contributed by atoms with Gasteiger partial charge in [0.2, 0.25) is 0 Å². The van der Waals surface area contributed by atoms with Gasteiger partial charge in [-0.05, 0) is 23.7 Å². The molecule has 0 aliphatic heterocycles. The fourth-order valence-electron chi connectivity index (χ4n) is 1.33. The standard InChI is InChI=1S/C14H15NO5/c1-3-19-13(15-20-10(2)16)12(14(17)18)9-11-7-5-4-6-8-11/h4-9H,3H2,1-2H3,(H,17,18). The first-order valence-electron chi connectivity index (χ1n) is 5.93. The normalized spacial score (nSPS) is 11.9. The molecular weight excluding hydrogens is 262 g/mol. The Morgan fingerprint density at radius 3 is 2.45 bits per heavy atom. The minimum absolute atomic E-state index is 0.194. The van der Waals surface area contributed by atoms with Crippen LogP contribution >= 0.6 is 0 Å². The number of ether oxygens (including phenoxy) is 1. The van der Waals surface area contributed by atoms with E-state index in [2.05, 4.69) is 9.99 Å². The van der Waals surface area contributed by atoms with Crippen molar-refractivity contribution in [1.82, 2.24) is 0 Å². The molecule has 0 aliphatic rings. The van der Waals surface area contributed by atoms with Gasteiger partial charge < -0.3 is 14.7 Å². The summed E-state index contributed by atoms with van der Waals surface area (Å²) < 4.78 is 5.11. The number of carboxylic acids is 1. The van der Waals surface area contributed by atoms with Crippen molar-refractivity contribution in [3.05, 3.63) is 41.5 Å². The van der Waals surface area contributed by atoms with Crippen LogP contribution in [0.25, 0.3) is 6.08 Å². The first-order chi connectivity index (χ1) is 9.54. The van der Waals surface area contributed by atoms with E-state index in [4.69, 9.17) is 4.74 Å². The van der Waals surface area contributed by atoms with Gasteiger partial charge in [0.1, 0.15) is 5.57 Å². The molecule has 0 aromatic heterocycles. The lowest BCUT2D eigenvalue weighted by Crippen LogP contribution is -2.17. The van der Waals surface area contributed by atoms with E-state index >= 15 is 0 Å². The Hall–Kier alpha value is -2.63. The van der Waals surface area contributed by atoms with Gasteiger partial charge in [-0.2, -0.15) is 0 Å². The molecule has 0 fully saturated rings. The minimum Gasteiger partial charge on any atom is -0.477 e. The molecule has 0 unspecified atom stereocenters. The second-order valence-corrected chi connectivity index (χ2v) is 3.69. The molecule has 0 bridgehead atoms. The second-order valence-electron chi connectivity index (χ2n) is 3.69. The Kier molecular flexibility index (Phi) is 5.96. The second kappa shape index (κ2) is 7.73. The van der Waals surface area contributed by atoms with Crippen LogP contribution in [0, 0.1) is 0 Å². The zero-order chi connectivity index (χ0) is 15.0. The monoisotopic (exact) mass is 277 g/mol. The Balaban J connectivity index is 3.15. The van der Waals surface area contributed by atoms with Gasteiger partial charge >= 0.3 is 11.9 Å². The first kappa shape index (κ1) is 15.4. The van der Waals surface area contributed by atoms with Crippen molar-refractivity contribution >= 4 is 23.9 Å². The smallest absolute Gasteiger partial charge is 0.341 e. The average molecular weight is 277 g/mol. The van der Waals surface area contributed by atoms with Crippen molar-refractivity contribution < 1.29 is 24.3 Å². The fraction of sp³-hybridized carbons (Fsp3) is 0.214. The van der Waals surface area contributed by atoms with Crippen LogP contribution < -0.4 is 0 Å². The number of aliphatic carboxylic acids is 1. The van der Waals surface area contributed by atoms with Crippen molar-refractivity contribution in [2.45, 2.75) is 13.8 Å². The predicted molar refractivity (Wildman–Crippen MR) is 72.9 cm³/mol. The molecule has 6 heteroatoms. The maximum atomic E-state index is 11.3. The lowest BCUT2D eigenvalue weighted by atomic mass is 10.1. The first-order valence-corrected chi connectivity index (χ1v) is 5.93. The molecule has 1 N–H and O–H groups in total. The lowest BCUT2D eigenvalue weighted by Gasteiger charge is -2.07. The molecule has 0 saturated carbocycles. The minimum atomic E-state index is -1.23. The number of carbonyl (C=O) groups excluding carboxylic acids is 1. The molecule has 20 heavy (non-hydrogen) atoms. The van der Waals surface area contributed by atoms with Crippen LogP contribution in [0.3, 0.4) is 0 Å². The van der Waals surface area contributed by atoms with Gasteiger partial charge in [-0.1, -0.05) is 30.3 Å². The third-order valence-corrected chi connectivity index (χ3v) is 2.11. The highest BCUT2D eigenvalue weighted by Crippen LogP contribution is 2.10. The highest BCUT2D eigenvalue weighted by Gasteiger charge is 2.18. The maximum Gasteiger partial charge on any atom is 0.341 e. The summed E-state index contributed by atoms with van der Waals surface area (Å²) in [5.41, 5.74) is 0.472. The van der Waals surface area contributed by atoms with Crippen molar-refractivity contribution in [3.8, 4) is 0 Å². The summed E-state index contributed by atoms with van der Waals surface area (Å²) in [5, 5.41) is 12.7. The van der Waals surface area contributed by atoms with Gasteiger partial charge in [0.05, 0.1) is 6.61 Å². The van der Waals surface area contributed by atoms with Crippen LogP contribution in [-0.4, -0.2) is 29.5 Å². The largest absolute Gasteiger partial charge is 0.477 e. The Bertz CT molecular complexity index is 534. The van der Waals surface area contributed by atoms with Gasteiger partial charge in [0.15, 0.2) is 0 Å². The van der Waals surface area contributed by atoms with E-state index in [1.807, 2.05) is 6.07 Å². The van der Waals surface area contributed by atoms with Crippen molar-refractivity contribution in [2.75, 3.05) is 6.61 Å². The summed E-state index contributed by atoms with van der Waals surface area (Å²) in [6, 6.07) is 8.83. The summed E-state index contributed by atoms with van der Waals surface area (Å²) in [4.78, 5) is 26.5. The van der Waals surface area contributed by atoms with Crippen LogP contribution in [0.2, 0.25) is 0 Å². The van der Waals surface area contributed by atoms with E-state index in [9.17, 15) is 14.7 Å². The molecular formula is C14H15NO5. The third-order valence-electron chi connectivity index (χ3n) is 2.11. The summed E-state index contributed by atoms with van der Waals surface area (Å²) in [6.07, 6.45) is 1.39. The molecule has 0 amide bonds. The van der Waals surface area contributed by atoms with Crippen LogP contribution in [0.1, 0.15) is 19.4 Å². The molecule has 1 aromatic rings. The zero-order valence-corrected chi connectivity index (χ0v) is 11.2. The van der Waals surface area contributed by atoms with Crippen molar-refractivity contribution in [1.29, 1.82) is 0 Å². The van der Waals surface area contributed by atoms with Crippen LogP contribution in [0.5, 0.6) is 0 Å². The van der Waals surface area contributed by atoms with E-state index in [1.165, 1.54) is 6.08 Å². The van der Waals surface area contributed by atoms with Gasteiger partial charge in [-0.3, -0.25) is 0 Å². The van der Waals surface area contributed by atoms with Crippen LogP contribution in [0.15, 0.2) is 41.1 Å². The fourth-order valence-corrected chi connectivity index (χ4v) is 1.33. The molecule has 106 valence electrons. The average Bonchev–Trinajstić information content (AvgIpc) is 2.42. The summed E-state index contributed by atoms with van der Waals surface area (Å²) in [5.74, 6) is -2.14. The molecule has 0 aliphatic carbocycles. The Morgan fingerprint density at radius 1 is 1.30 bits per heavy atom. The molecule has 0 atom stereocenters. The summed E-state index contributed by atoms with van der Waals surface area (Å²) in [7, 11) is 0. The Labute approximate surface area is 116 Å². The Morgan fingerprint density at radius 2 is 1.95 bits per heavy atom. The number of hydrogen-bond donors (Lipinski definition) is 1. The molecule has 0 spiro atoms. The quantitative estimate of drug-likeness (QED) is 0.293. The summed E-state index contributed by atoms with van der Waals surface area (Å²) >= 11 is 0. The molecule has 1 aromatic carbocycles. The molecule has 1 rings (SSSR count). The number of rotatable bonds is 5. The molecule has 6 nitrogen and oxygen atoms in total. The molecule has 0 saturated heterocycles. The summed E-state index contributed by atoms with van der Waals surface area (Å²) in [6.45, 7) is 3.03. The highest BCUT2D eigenvalue weighted by atomic mass is 16.7.